The molecule has 1 N–H and O–H groups in total. The van der Waals surface area contributed by atoms with Crippen LogP contribution in [0.15, 0.2) is 40.8 Å². The van der Waals surface area contributed by atoms with Gasteiger partial charge in [-0.25, -0.2) is 14.5 Å². The highest BCUT2D eigenvalue weighted by Gasteiger charge is 2.15. The van der Waals surface area contributed by atoms with Crippen LogP contribution in [0.4, 0.5) is 5.13 Å². The Labute approximate surface area is 129 Å². The number of thiazole rings is 1. The molecule has 112 valence electrons. The minimum atomic E-state index is -0.380. The Morgan fingerprint density at radius 3 is 2.86 bits per heavy atom. The third kappa shape index (κ3) is 2.79. The van der Waals surface area contributed by atoms with Crippen molar-refractivity contribution in [3.05, 3.63) is 46.5 Å². The number of hydrogen-bond donors (Lipinski definition) is 1. The first kappa shape index (κ1) is 14.1. The van der Waals surface area contributed by atoms with Gasteiger partial charge in [0.15, 0.2) is 11.0 Å². The van der Waals surface area contributed by atoms with Crippen LogP contribution in [0.2, 0.25) is 0 Å². The summed E-state index contributed by atoms with van der Waals surface area (Å²) in [6.45, 7) is -0.181. The molecule has 0 spiro atoms. The normalized spacial score (nSPS) is 10.6. The molecule has 3 rings (SSSR count). The molecule has 0 saturated heterocycles. The van der Waals surface area contributed by atoms with Gasteiger partial charge in [-0.15, -0.1) is 16.4 Å². The van der Waals surface area contributed by atoms with Crippen molar-refractivity contribution in [2.45, 2.75) is 6.54 Å². The average molecular weight is 316 g/mol. The molecule has 0 aliphatic rings. The topological polar surface area (TPSA) is 94.7 Å². The Bertz CT molecular complexity index is 837. The number of nitrogens with one attached hydrogen (secondary N) is 1. The van der Waals surface area contributed by atoms with Crippen LogP contribution >= 0.6 is 11.3 Å². The number of anilines is 1. The average Bonchev–Trinajstić information content (AvgIpc) is 3.12. The fourth-order valence-electron chi connectivity index (χ4n) is 1.89. The number of amides is 1. The van der Waals surface area contributed by atoms with E-state index in [1.54, 1.807) is 43.0 Å². The molecule has 3 heterocycles. The van der Waals surface area contributed by atoms with E-state index in [0.717, 1.165) is 4.68 Å². The molecule has 0 radical (unpaired) electrons. The van der Waals surface area contributed by atoms with E-state index in [-0.39, 0.29) is 18.1 Å². The molecular formula is C13H12N6O2S. The lowest BCUT2D eigenvalue weighted by molar-refractivity contribution is -0.117. The lowest BCUT2D eigenvalue weighted by atomic mass is 10.3. The minimum absolute atomic E-state index is 0.181. The summed E-state index contributed by atoms with van der Waals surface area (Å²) in [6, 6.07) is 5.34. The smallest absolute Gasteiger partial charge is 0.300 e. The van der Waals surface area contributed by atoms with Crippen molar-refractivity contribution < 1.29 is 4.79 Å². The van der Waals surface area contributed by atoms with Gasteiger partial charge in [-0.3, -0.25) is 14.3 Å². The molecule has 9 heteroatoms. The standard InChI is InChI=1S/C13H12N6O2S/c1-18-11(9-4-2-3-5-14-9)17-19(13(18)21)8-10(20)16-12-15-6-7-22-12/h2-7H,8H2,1H3,(H,15,16,20). The first-order chi connectivity index (χ1) is 10.6. The van der Waals surface area contributed by atoms with Gasteiger partial charge in [0.05, 0.1) is 0 Å². The number of pyridine rings is 1. The third-order valence-electron chi connectivity index (χ3n) is 2.91. The van der Waals surface area contributed by atoms with Crippen LogP contribution in [-0.4, -0.2) is 30.2 Å². The molecule has 0 aliphatic carbocycles. The molecule has 0 atom stereocenters. The van der Waals surface area contributed by atoms with Crippen molar-refractivity contribution in [1.82, 2.24) is 24.3 Å². The van der Waals surface area contributed by atoms with Gasteiger partial charge in [0, 0.05) is 24.8 Å². The van der Waals surface area contributed by atoms with Gasteiger partial charge in [-0.1, -0.05) is 6.07 Å². The first-order valence-corrected chi connectivity index (χ1v) is 7.27. The van der Waals surface area contributed by atoms with Crippen LogP contribution in [0.25, 0.3) is 11.5 Å². The Morgan fingerprint density at radius 2 is 2.18 bits per heavy atom. The van der Waals surface area contributed by atoms with E-state index >= 15 is 0 Å². The number of hydrogen-bond acceptors (Lipinski definition) is 6. The number of rotatable bonds is 4. The van der Waals surface area contributed by atoms with Gasteiger partial charge >= 0.3 is 5.69 Å². The molecular weight excluding hydrogens is 304 g/mol. The zero-order valence-electron chi connectivity index (χ0n) is 11.6. The monoisotopic (exact) mass is 316 g/mol. The highest BCUT2D eigenvalue weighted by atomic mass is 32.1. The summed E-state index contributed by atoms with van der Waals surface area (Å²) in [5.74, 6) is 0.0513. The van der Waals surface area contributed by atoms with E-state index in [1.165, 1.54) is 15.9 Å². The lowest BCUT2D eigenvalue weighted by Crippen LogP contribution is -2.29. The molecule has 3 aromatic rings. The maximum Gasteiger partial charge on any atom is 0.346 e. The van der Waals surface area contributed by atoms with Crippen LogP contribution in [0.5, 0.6) is 0 Å². The molecule has 0 saturated carbocycles. The number of nitrogens with zero attached hydrogens (tertiary/aromatic N) is 5. The largest absolute Gasteiger partial charge is 0.346 e. The number of aromatic nitrogens is 5. The Balaban J connectivity index is 1.83. The van der Waals surface area contributed by atoms with Crippen molar-refractivity contribution in [1.29, 1.82) is 0 Å². The van der Waals surface area contributed by atoms with E-state index in [2.05, 4.69) is 20.4 Å². The summed E-state index contributed by atoms with van der Waals surface area (Å²) in [5, 5.41) is 9.02. The lowest BCUT2D eigenvalue weighted by Gasteiger charge is -2.00. The van der Waals surface area contributed by atoms with E-state index < -0.39 is 0 Å². The predicted molar refractivity (Wildman–Crippen MR) is 81.4 cm³/mol. The van der Waals surface area contributed by atoms with Gasteiger partial charge in [0.1, 0.15) is 12.2 Å². The molecule has 0 bridgehead atoms. The molecule has 3 aromatic heterocycles. The molecule has 0 aromatic carbocycles. The molecule has 8 nitrogen and oxygen atoms in total. The first-order valence-electron chi connectivity index (χ1n) is 6.40. The van der Waals surface area contributed by atoms with E-state index in [9.17, 15) is 9.59 Å². The number of carbonyl (C=O) groups excluding carboxylic acids is 1. The second-order valence-electron chi connectivity index (χ2n) is 4.42. The second kappa shape index (κ2) is 5.90. The SMILES string of the molecule is Cn1c(-c2ccccn2)nn(CC(=O)Nc2nccs2)c1=O. The highest BCUT2D eigenvalue weighted by molar-refractivity contribution is 7.13. The zero-order valence-corrected chi connectivity index (χ0v) is 12.4. The van der Waals surface area contributed by atoms with Gasteiger partial charge in [-0.2, -0.15) is 0 Å². The van der Waals surface area contributed by atoms with Crippen LogP contribution in [0, 0.1) is 0 Å². The molecule has 0 unspecified atom stereocenters. The highest BCUT2D eigenvalue weighted by Crippen LogP contribution is 2.11. The zero-order chi connectivity index (χ0) is 15.5. The summed E-state index contributed by atoms with van der Waals surface area (Å²) < 4.78 is 2.46. The molecule has 0 fully saturated rings. The van der Waals surface area contributed by atoms with Crippen molar-refractivity contribution in [3.8, 4) is 11.5 Å². The third-order valence-corrected chi connectivity index (χ3v) is 3.60. The minimum Gasteiger partial charge on any atom is -0.300 e. The molecule has 22 heavy (non-hydrogen) atoms. The van der Waals surface area contributed by atoms with Gasteiger partial charge in [-0.05, 0) is 12.1 Å². The van der Waals surface area contributed by atoms with Crippen molar-refractivity contribution >= 4 is 22.4 Å². The second-order valence-corrected chi connectivity index (χ2v) is 5.32. The van der Waals surface area contributed by atoms with Crippen LogP contribution in [0.1, 0.15) is 0 Å². The van der Waals surface area contributed by atoms with Gasteiger partial charge in [0.25, 0.3) is 0 Å². The summed E-state index contributed by atoms with van der Waals surface area (Å²) in [4.78, 5) is 32.2. The van der Waals surface area contributed by atoms with E-state index in [0.29, 0.717) is 16.6 Å². The fourth-order valence-corrected chi connectivity index (χ4v) is 2.43. The van der Waals surface area contributed by atoms with Crippen LogP contribution in [0.3, 0.4) is 0 Å². The summed E-state index contributed by atoms with van der Waals surface area (Å²) in [7, 11) is 1.59. The van der Waals surface area contributed by atoms with E-state index in [1.807, 2.05) is 0 Å². The van der Waals surface area contributed by atoms with Crippen molar-refractivity contribution in [2.75, 3.05) is 5.32 Å². The van der Waals surface area contributed by atoms with Crippen molar-refractivity contribution in [3.63, 3.8) is 0 Å². The van der Waals surface area contributed by atoms with Crippen LogP contribution < -0.4 is 11.0 Å². The molecule has 0 aliphatic heterocycles. The van der Waals surface area contributed by atoms with Gasteiger partial charge in [0.2, 0.25) is 5.91 Å². The summed E-state index contributed by atoms with van der Waals surface area (Å²) >= 11 is 1.31. The Kier molecular flexibility index (Phi) is 3.79. The summed E-state index contributed by atoms with van der Waals surface area (Å²) in [5.41, 5.74) is 0.191. The van der Waals surface area contributed by atoms with Crippen LogP contribution in [-0.2, 0) is 18.4 Å². The van der Waals surface area contributed by atoms with Crippen molar-refractivity contribution in [2.24, 2.45) is 7.05 Å². The fraction of sp³-hybridized carbons (Fsp3) is 0.154. The summed E-state index contributed by atoms with van der Waals surface area (Å²) in [6.07, 6.45) is 3.21. The molecule has 1 amide bonds. The predicted octanol–water partition coefficient (Wildman–Crippen LogP) is 0.739. The number of carbonyl (C=O) groups is 1. The van der Waals surface area contributed by atoms with E-state index in [4.69, 9.17) is 0 Å². The maximum absolute atomic E-state index is 12.1. The van der Waals surface area contributed by atoms with Gasteiger partial charge < -0.3 is 5.32 Å². The Morgan fingerprint density at radius 1 is 1.32 bits per heavy atom. The quantitative estimate of drug-likeness (QED) is 0.766. The maximum atomic E-state index is 12.1. The Hall–Kier alpha value is -2.81.